The Hall–Kier alpha value is -2.77. The molecule has 2 aliphatic rings. The van der Waals surface area contributed by atoms with E-state index in [1.54, 1.807) is 42.1 Å². The summed E-state index contributed by atoms with van der Waals surface area (Å²) in [5.41, 5.74) is 5.38. The van der Waals surface area contributed by atoms with Gasteiger partial charge in [0.25, 0.3) is 0 Å². The number of Topliss-reactive ketones (excluding diaryl/α,β-unsaturated/α-hetero) is 1. The lowest BCUT2D eigenvalue weighted by atomic mass is 9.87. The normalized spacial score (nSPS) is 21.7. The molecule has 0 spiro atoms. The molecular formula is C20H26N4O4. The highest BCUT2D eigenvalue weighted by Crippen LogP contribution is 2.32. The van der Waals surface area contributed by atoms with Gasteiger partial charge >= 0.3 is 0 Å². The third-order valence-corrected chi connectivity index (χ3v) is 5.77. The van der Waals surface area contributed by atoms with Crippen LogP contribution in [0.4, 0.5) is 0 Å². The van der Waals surface area contributed by atoms with Gasteiger partial charge in [0.1, 0.15) is 6.04 Å². The van der Waals surface area contributed by atoms with E-state index in [1.807, 2.05) is 6.07 Å². The summed E-state index contributed by atoms with van der Waals surface area (Å²) in [5.74, 6) is -0.858. The highest BCUT2D eigenvalue weighted by atomic mass is 16.2. The van der Waals surface area contributed by atoms with Crippen molar-refractivity contribution in [1.82, 2.24) is 14.8 Å². The number of nitrogens with zero attached hydrogens (tertiary/aromatic N) is 3. The van der Waals surface area contributed by atoms with E-state index >= 15 is 0 Å². The van der Waals surface area contributed by atoms with Gasteiger partial charge in [-0.3, -0.25) is 24.2 Å². The second-order valence-corrected chi connectivity index (χ2v) is 8.16. The van der Waals surface area contributed by atoms with Crippen molar-refractivity contribution < 1.29 is 19.2 Å². The number of hydrogen-bond acceptors (Lipinski definition) is 5. The molecule has 0 aromatic carbocycles. The van der Waals surface area contributed by atoms with Gasteiger partial charge in [-0.1, -0.05) is 19.9 Å². The van der Waals surface area contributed by atoms with Gasteiger partial charge in [-0.15, -0.1) is 0 Å². The minimum atomic E-state index is -0.778. The number of hydrogen-bond donors (Lipinski definition) is 1. The first-order valence-electron chi connectivity index (χ1n) is 9.51. The first-order chi connectivity index (χ1) is 13.2. The number of carbonyl (C=O) groups is 4. The maximum Gasteiger partial charge on any atom is 0.227 e. The Balaban J connectivity index is 1.64. The predicted octanol–water partition coefficient (Wildman–Crippen LogP) is 0.297. The number of amides is 3. The Morgan fingerprint density at radius 1 is 1.25 bits per heavy atom. The van der Waals surface area contributed by atoms with Crippen molar-refractivity contribution in [2.45, 2.75) is 51.6 Å². The molecule has 2 saturated heterocycles. The van der Waals surface area contributed by atoms with Crippen molar-refractivity contribution in [2.75, 3.05) is 13.1 Å². The van der Waals surface area contributed by atoms with E-state index in [2.05, 4.69) is 4.98 Å². The zero-order valence-electron chi connectivity index (χ0n) is 16.3. The van der Waals surface area contributed by atoms with Crippen LogP contribution in [0, 0.1) is 5.41 Å². The van der Waals surface area contributed by atoms with Crippen LogP contribution in [-0.2, 0) is 25.6 Å². The van der Waals surface area contributed by atoms with Crippen LogP contribution in [0.25, 0.3) is 0 Å². The van der Waals surface area contributed by atoms with Crippen molar-refractivity contribution >= 4 is 23.5 Å². The van der Waals surface area contributed by atoms with Gasteiger partial charge in [-0.25, -0.2) is 0 Å². The first kappa shape index (κ1) is 20.0. The molecule has 3 amide bonds. The second kappa shape index (κ2) is 7.69. The van der Waals surface area contributed by atoms with Crippen molar-refractivity contribution in [1.29, 1.82) is 0 Å². The molecule has 2 atom stereocenters. The molecule has 0 saturated carbocycles. The largest absolute Gasteiger partial charge is 0.369 e. The van der Waals surface area contributed by atoms with Crippen LogP contribution < -0.4 is 5.73 Å². The van der Waals surface area contributed by atoms with Crippen LogP contribution in [0.3, 0.4) is 0 Å². The van der Waals surface area contributed by atoms with Crippen LogP contribution >= 0.6 is 0 Å². The van der Waals surface area contributed by atoms with Gasteiger partial charge in [0, 0.05) is 30.8 Å². The number of carbonyl (C=O) groups excluding carboxylic acids is 4. The zero-order valence-corrected chi connectivity index (χ0v) is 16.3. The molecule has 28 heavy (non-hydrogen) atoms. The molecule has 3 heterocycles. The van der Waals surface area contributed by atoms with E-state index in [0.717, 1.165) is 5.56 Å². The summed E-state index contributed by atoms with van der Waals surface area (Å²) < 4.78 is 0. The molecule has 2 N–H and O–H groups in total. The lowest BCUT2D eigenvalue weighted by Crippen LogP contribution is -2.44. The number of primary amides is 1. The molecule has 150 valence electrons. The van der Waals surface area contributed by atoms with E-state index < -0.39 is 17.4 Å². The van der Waals surface area contributed by atoms with E-state index in [9.17, 15) is 19.2 Å². The minimum Gasteiger partial charge on any atom is -0.369 e. The Bertz CT molecular complexity index is 793. The SMILES string of the molecule is CC(C)(CCC(=O)N1CCC2C1C(=O)CN2C(=O)Cc1cccnc1)C(N)=O. The summed E-state index contributed by atoms with van der Waals surface area (Å²) in [5, 5.41) is 0. The minimum absolute atomic E-state index is 0.0327. The standard InChI is InChI=1S/C20H26N4O4/c1-20(2,19(21)28)7-5-16(26)23-9-6-14-18(23)15(25)12-24(14)17(27)10-13-4-3-8-22-11-13/h3-4,8,11,14,18H,5-7,9-10,12H2,1-2H3,(H2,21,28). The molecule has 0 aliphatic carbocycles. The number of rotatable bonds is 6. The molecule has 1 aromatic rings. The summed E-state index contributed by atoms with van der Waals surface area (Å²) in [7, 11) is 0. The Morgan fingerprint density at radius 3 is 2.64 bits per heavy atom. The van der Waals surface area contributed by atoms with Gasteiger partial charge in [-0.05, 0) is 24.5 Å². The molecule has 2 aliphatic heterocycles. The monoisotopic (exact) mass is 386 g/mol. The molecule has 2 fully saturated rings. The summed E-state index contributed by atoms with van der Waals surface area (Å²) in [6.07, 6.45) is 4.52. The Kier molecular flexibility index (Phi) is 5.49. The molecule has 8 heteroatoms. The molecule has 3 rings (SSSR count). The highest BCUT2D eigenvalue weighted by Gasteiger charge is 2.51. The van der Waals surface area contributed by atoms with Gasteiger partial charge in [0.2, 0.25) is 17.7 Å². The number of likely N-dealkylation sites (tertiary alicyclic amines) is 2. The third kappa shape index (κ3) is 3.90. The predicted molar refractivity (Wildman–Crippen MR) is 101 cm³/mol. The maximum atomic E-state index is 12.7. The van der Waals surface area contributed by atoms with Crippen molar-refractivity contribution in [3.05, 3.63) is 30.1 Å². The van der Waals surface area contributed by atoms with E-state index in [-0.39, 0.29) is 43.0 Å². The van der Waals surface area contributed by atoms with Gasteiger partial charge in [-0.2, -0.15) is 0 Å². The maximum absolute atomic E-state index is 12.7. The van der Waals surface area contributed by atoms with Crippen molar-refractivity contribution in [3.63, 3.8) is 0 Å². The molecule has 0 radical (unpaired) electrons. The molecular weight excluding hydrogens is 360 g/mol. The summed E-state index contributed by atoms with van der Waals surface area (Å²) in [6, 6.07) is 2.74. The van der Waals surface area contributed by atoms with Crippen LogP contribution in [-0.4, -0.2) is 63.5 Å². The van der Waals surface area contributed by atoms with Crippen LogP contribution in [0.5, 0.6) is 0 Å². The smallest absolute Gasteiger partial charge is 0.227 e. The van der Waals surface area contributed by atoms with Gasteiger partial charge < -0.3 is 15.5 Å². The van der Waals surface area contributed by atoms with Gasteiger partial charge in [0.15, 0.2) is 5.78 Å². The van der Waals surface area contributed by atoms with Crippen LogP contribution in [0.2, 0.25) is 0 Å². The number of ketones is 1. The topological polar surface area (TPSA) is 114 Å². The second-order valence-electron chi connectivity index (χ2n) is 8.16. The summed E-state index contributed by atoms with van der Waals surface area (Å²) in [6.45, 7) is 3.88. The fourth-order valence-corrected chi connectivity index (χ4v) is 3.89. The van der Waals surface area contributed by atoms with Crippen LogP contribution in [0.15, 0.2) is 24.5 Å². The Labute approximate surface area is 164 Å². The van der Waals surface area contributed by atoms with E-state index in [0.29, 0.717) is 19.4 Å². The van der Waals surface area contributed by atoms with Crippen molar-refractivity contribution in [2.24, 2.45) is 11.1 Å². The zero-order chi connectivity index (χ0) is 20.5. The van der Waals surface area contributed by atoms with Crippen LogP contribution in [0.1, 0.15) is 38.7 Å². The summed E-state index contributed by atoms with van der Waals surface area (Å²) >= 11 is 0. The van der Waals surface area contributed by atoms with Gasteiger partial charge in [0.05, 0.1) is 19.0 Å². The Morgan fingerprint density at radius 2 is 2.00 bits per heavy atom. The number of pyridine rings is 1. The van der Waals surface area contributed by atoms with Crippen molar-refractivity contribution in [3.8, 4) is 0 Å². The average Bonchev–Trinajstić information content (AvgIpc) is 3.22. The number of nitrogens with two attached hydrogens (primary N) is 1. The summed E-state index contributed by atoms with van der Waals surface area (Å²) in [4.78, 5) is 56.6. The molecule has 2 unspecified atom stereocenters. The third-order valence-electron chi connectivity index (χ3n) is 5.77. The fraction of sp³-hybridized carbons (Fsp3) is 0.550. The highest BCUT2D eigenvalue weighted by molar-refractivity contribution is 5.97. The lowest BCUT2D eigenvalue weighted by Gasteiger charge is -2.26. The quantitative estimate of drug-likeness (QED) is 0.755. The number of aromatic nitrogens is 1. The van der Waals surface area contributed by atoms with E-state index in [1.165, 1.54) is 0 Å². The first-order valence-corrected chi connectivity index (χ1v) is 9.51. The lowest BCUT2D eigenvalue weighted by molar-refractivity contribution is -0.137. The number of fused-ring (bicyclic) bond motifs is 1. The van der Waals surface area contributed by atoms with E-state index in [4.69, 9.17) is 5.73 Å². The fourth-order valence-electron chi connectivity index (χ4n) is 3.89. The molecule has 8 nitrogen and oxygen atoms in total. The molecule has 0 bridgehead atoms. The average molecular weight is 386 g/mol. The molecule has 1 aromatic heterocycles.